The summed E-state index contributed by atoms with van der Waals surface area (Å²) in [5.74, 6) is 0.733. The van der Waals surface area contributed by atoms with Crippen molar-refractivity contribution in [3.63, 3.8) is 0 Å². The smallest absolute Gasteiger partial charge is 0.270 e. The second kappa shape index (κ2) is 5.91. The summed E-state index contributed by atoms with van der Waals surface area (Å²) in [6, 6.07) is 11.8. The normalized spacial score (nSPS) is 16.1. The summed E-state index contributed by atoms with van der Waals surface area (Å²) in [5.41, 5.74) is 1.82. The van der Waals surface area contributed by atoms with E-state index in [1.807, 2.05) is 69.0 Å². The molecule has 0 unspecified atom stereocenters. The summed E-state index contributed by atoms with van der Waals surface area (Å²) >= 11 is 0. The summed E-state index contributed by atoms with van der Waals surface area (Å²) in [7, 11) is 0. The molecule has 0 aliphatic carbocycles. The van der Waals surface area contributed by atoms with Crippen LogP contribution in [0.5, 0.6) is 0 Å². The van der Waals surface area contributed by atoms with Crippen LogP contribution in [0.4, 0.5) is 0 Å². The van der Waals surface area contributed by atoms with E-state index in [2.05, 4.69) is 5.10 Å². The Hall–Kier alpha value is -2.56. The fourth-order valence-electron chi connectivity index (χ4n) is 3.38. The van der Waals surface area contributed by atoms with Gasteiger partial charge in [-0.05, 0) is 49.1 Å². The lowest BCUT2D eigenvalue weighted by Crippen LogP contribution is -2.39. The van der Waals surface area contributed by atoms with Gasteiger partial charge in [0.05, 0.1) is 0 Å². The number of piperidine rings is 1. The summed E-state index contributed by atoms with van der Waals surface area (Å²) in [6.07, 6.45) is 7.84. The molecule has 1 saturated heterocycles. The largest absolute Gasteiger partial charge is 0.337 e. The van der Waals surface area contributed by atoms with Gasteiger partial charge in [-0.1, -0.05) is 6.07 Å². The zero-order valence-corrected chi connectivity index (χ0v) is 13.0. The number of aromatic nitrogens is 3. The molecule has 0 radical (unpaired) electrons. The number of pyridine rings is 1. The number of nitrogens with zero attached hydrogens (tertiary/aromatic N) is 4. The molecule has 23 heavy (non-hydrogen) atoms. The average molecular weight is 308 g/mol. The van der Waals surface area contributed by atoms with Crippen LogP contribution in [0, 0.1) is 5.92 Å². The standard InChI is InChI=1S/C18H20N4O/c23-18(17-6-5-16-4-1-2-11-22(16)17)20-12-7-15(8-13-20)14-21-10-3-9-19-21/h1-6,9-11,15H,7-8,12-14H2. The molecular weight excluding hydrogens is 288 g/mol. The topological polar surface area (TPSA) is 42.5 Å². The first-order valence-electron chi connectivity index (χ1n) is 8.14. The van der Waals surface area contributed by atoms with E-state index in [9.17, 15) is 4.79 Å². The van der Waals surface area contributed by atoms with Gasteiger partial charge in [-0.2, -0.15) is 5.10 Å². The van der Waals surface area contributed by atoms with Gasteiger partial charge in [0, 0.05) is 43.7 Å². The molecule has 3 aromatic rings. The Labute approximate surface area is 135 Å². The van der Waals surface area contributed by atoms with Crippen molar-refractivity contribution in [1.82, 2.24) is 19.1 Å². The van der Waals surface area contributed by atoms with Crippen molar-refractivity contribution >= 4 is 11.4 Å². The van der Waals surface area contributed by atoms with Gasteiger partial charge >= 0.3 is 0 Å². The molecule has 1 amide bonds. The lowest BCUT2D eigenvalue weighted by atomic mass is 9.96. The third kappa shape index (κ3) is 2.74. The van der Waals surface area contributed by atoms with Crippen LogP contribution in [-0.2, 0) is 6.54 Å². The molecule has 0 atom stereocenters. The van der Waals surface area contributed by atoms with E-state index in [1.54, 1.807) is 0 Å². The van der Waals surface area contributed by atoms with Crippen LogP contribution < -0.4 is 0 Å². The van der Waals surface area contributed by atoms with Crippen LogP contribution >= 0.6 is 0 Å². The van der Waals surface area contributed by atoms with Crippen molar-refractivity contribution in [2.75, 3.05) is 13.1 Å². The summed E-state index contributed by atoms with van der Waals surface area (Å²) < 4.78 is 3.96. The van der Waals surface area contributed by atoms with Gasteiger partial charge in [-0.3, -0.25) is 9.48 Å². The fraction of sp³-hybridized carbons (Fsp3) is 0.333. The Morgan fingerprint density at radius 1 is 1.09 bits per heavy atom. The minimum atomic E-state index is 0.133. The number of fused-ring (bicyclic) bond motifs is 1. The molecule has 1 aliphatic rings. The predicted molar refractivity (Wildman–Crippen MR) is 88.3 cm³/mol. The number of hydrogen-bond acceptors (Lipinski definition) is 2. The predicted octanol–water partition coefficient (Wildman–Crippen LogP) is 2.69. The maximum absolute atomic E-state index is 12.8. The first kappa shape index (κ1) is 14.1. The van der Waals surface area contributed by atoms with Crippen LogP contribution in [0.15, 0.2) is 55.0 Å². The van der Waals surface area contributed by atoms with Crippen molar-refractivity contribution in [1.29, 1.82) is 0 Å². The molecule has 0 spiro atoms. The van der Waals surface area contributed by atoms with Crippen molar-refractivity contribution in [2.45, 2.75) is 19.4 Å². The highest BCUT2D eigenvalue weighted by atomic mass is 16.2. The Bertz CT molecular complexity index is 797. The van der Waals surface area contributed by atoms with Crippen molar-refractivity contribution in [3.8, 4) is 0 Å². The molecular formula is C18H20N4O. The van der Waals surface area contributed by atoms with Crippen LogP contribution in [0.25, 0.3) is 5.52 Å². The van der Waals surface area contributed by atoms with E-state index in [4.69, 9.17) is 0 Å². The zero-order chi connectivity index (χ0) is 15.6. The summed E-state index contributed by atoms with van der Waals surface area (Å²) in [6.45, 7) is 2.60. The first-order valence-corrected chi connectivity index (χ1v) is 8.14. The van der Waals surface area contributed by atoms with Gasteiger partial charge in [-0.15, -0.1) is 0 Å². The molecule has 0 saturated carbocycles. The number of rotatable bonds is 3. The van der Waals surface area contributed by atoms with E-state index in [1.165, 1.54) is 0 Å². The number of amides is 1. The van der Waals surface area contributed by atoms with Crippen LogP contribution in [0.2, 0.25) is 0 Å². The van der Waals surface area contributed by atoms with E-state index < -0.39 is 0 Å². The molecule has 3 aromatic heterocycles. The van der Waals surface area contributed by atoms with E-state index >= 15 is 0 Å². The number of likely N-dealkylation sites (tertiary alicyclic amines) is 1. The maximum atomic E-state index is 12.8. The fourth-order valence-corrected chi connectivity index (χ4v) is 3.38. The number of carbonyl (C=O) groups is 1. The lowest BCUT2D eigenvalue weighted by molar-refractivity contribution is 0.0674. The molecule has 1 aliphatic heterocycles. The molecule has 1 fully saturated rings. The summed E-state index contributed by atoms with van der Waals surface area (Å²) in [5, 5.41) is 4.27. The first-order chi connectivity index (χ1) is 11.3. The third-order valence-corrected chi connectivity index (χ3v) is 4.69. The SMILES string of the molecule is O=C(c1ccc2ccccn12)N1CCC(Cn2cccn2)CC1. The Morgan fingerprint density at radius 3 is 2.74 bits per heavy atom. The van der Waals surface area contributed by atoms with Gasteiger partial charge in [0.1, 0.15) is 5.69 Å². The molecule has 4 rings (SSSR count). The van der Waals surface area contributed by atoms with Crippen LogP contribution in [-0.4, -0.2) is 38.1 Å². The highest BCUT2D eigenvalue weighted by molar-refractivity contribution is 5.94. The second-order valence-electron chi connectivity index (χ2n) is 6.18. The van der Waals surface area contributed by atoms with Crippen molar-refractivity contribution in [3.05, 3.63) is 60.7 Å². The van der Waals surface area contributed by atoms with Gasteiger partial charge in [0.15, 0.2) is 0 Å². The highest BCUT2D eigenvalue weighted by Crippen LogP contribution is 2.21. The van der Waals surface area contributed by atoms with E-state index in [-0.39, 0.29) is 5.91 Å². The Kier molecular flexibility index (Phi) is 3.61. The Balaban J connectivity index is 1.43. The second-order valence-corrected chi connectivity index (χ2v) is 6.18. The van der Waals surface area contributed by atoms with Gasteiger partial charge in [-0.25, -0.2) is 0 Å². The summed E-state index contributed by atoms with van der Waals surface area (Å²) in [4.78, 5) is 14.8. The number of carbonyl (C=O) groups excluding carboxylic acids is 1. The molecule has 4 heterocycles. The molecule has 118 valence electrons. The van der Waals surface area contributed by atoms with Crippen molar-refractivity contribution < 1.29 is 4.79 Å². The highest BCUT2D eigenvalue weighted by Gasteiger charge is 2.25. The molecule has 5 heteroatoms. The molecule has 0 bridgehead atoms. The minimum absolute atomic E-state index is 0.133. The van der Waals surface area contributed by atoms with Gasteiger partial charge in [0.2, 0.25) is 0 Å². The molecule has 5 nitrogen and oxygen atoms in total. The molecule has 0 N–H and O–H groups in total. The Morgan fingerprint density at radius 2 is 1.96 bits per heavy atom. The van der Waals surface area contributed by atoms with Gasteiger partial charge < -0.3 is 9.30 Å². The number of hydrogen-bond donors (Lipinski definition) is 0. The van der Waals surface area contributed by atoms with Crippen LogP contribution in [0.1, 0.15) is 23.3 Å². The maximum Gasteiger partial charge on any atom is 0.270 e. The monoisotopic (exact) mass is 308 g/mol. The zero-order valence-electron chi connectivity index (χ0n) is 13.0. The minimum Gasteiger partial charge on any atom is -0.337 e. The van der Waals surface area contributed by atoms with Gasteiger partial charge in [0.25, 0.3) is 5.91 Å². The quantitative estimate of drug-likeness (QED) is 0.746. The third-order valence-electron chi connectivity index (χ3n) is 4.69. The van der Waals surface area contributed by atoms with Crippen LogP contribution in [0.3, 0.4) is 0 Å². The average Bonchev–Trinajstić information content (AvgIpc) is 3.24. The van der Waals surface area contributed by atoms with E-state index in [0.717, 1.165) is 43.7 Å². The van der Waals surface area contributed by atoms with E-state index in [0.29, 0.717) is 5.92 Å². The molecule has 0 aromatic carbocycles. The van der Waals surface area contributed by atoms with Crippen molar-refractivity contribution in [2.24, 2.45) is 5.92 Å². The lowest BCUT2D eigenvalue weighted by Gasteiger charge is -2.31.